The molecular weight excluding hydrogens is 815 g/mol. The van der Waals surface area contributed by atoms with Gasteiger partial charge < -0.3 is 40.3 Å². The predicted octanol–water partition coefficient (Wildman–Crippen LogP) is 13.6. The Hall–Kier alpha value is -1.07. The van der Waals surface area contributed by atoms with Gasteiger partial charge in [-0.05, 0) is 38.5 Å². The molecular formula is C56H109NO8. The molecule has 1 rings (SSSR count). The van der Waals surface area contributed by atoms with E-state index in [1.807, 2.05) is 0 Å². The molecule has 1 amide bonds. The van der Waals surface area contributed by atoms with Crippen LogP contribution in [0.1, 0.15) is 284 Å². The van der Waals surface area contributed by atoms with Gasteiger partial charge in [0.1, 0.15) is 24.4 Å². The van der Waals surface area contributed by atoms with Crippen molar-refractivity contribution >= 4 is 5.91 Å². The van der Waals surface area contributed by atoms with Crippen LogP contribution < -0.4 is 5.32 Å². The normalized spacial score (nSPS) is 19.9. The van der Waals surface area contributed by atoms with Gasteiger partial charge in [-0.15, -0.1) is 0 Å². The van der Waals surface area contributed by atoms with Crippen molar-refractivity contribution in [1.82, 2.24) is 5.32 Å². The highest BCUT2D eigenvalue weighted by Crippen LogP contribution is 2.23. The van der Waals surface area contributed by atoms with Crippen molar-refractivity contribution in [2.45, 2.75) is 326 Å². The van der Waals surface area contributed by atoms with Gasteiger partial charge in [-0.2, -0.15) is 0 Å². The summed E-state index contributed by atoms with van der Waals surface area (Å²) in [6.07, 6.45) is 49.6. The Kier molecular flexibility index (Phi) is 44.5. The standard InChI is InChI=1S/C56H109NO8/c1-3-5-7-9-11-13-15-17-18-19-20-21-22-23-24-25-26-27-28-29-30-31-32-34-36-38-40-42-44-46-52(60)57-49(48-64-56-55(63)54(62)53(61)51(47-58)65-56)50(59)45-43-41-39-37-35-33-16-14-12-10-8-6-4-2/h19-20,49-51,53-56,58-59,61-63H,3-18,21-48H2,1-2H3,(H,57,60)/b20-19-. The third kappa shape index (κ3) is 36.6. The van der Waals surface area contributed by atoms with Crippen LogP contribution >= 0.6 is 0 Å². The first-order valence-electron chi connectivity index (χ1n) is 28.4. The molecule has 0 spiro atoms. The molecule has 7 atom stereocenters. The van der Waals surface area contributed by atoms with Crippen LogP contribution in [0.4, 0.5) is 0 Å². The number of hydrogen-bond acceptors (Lipinski definition) is 8. The Morgan fingerprint density at radius 2 is 0.862 bits per heavy atom. The van der Waals surface area contributed by atoms with Crippen LogP contribution in [0.15, 0.2) is 12.2 Å². The maximum absolute atomic E-state index is 13.0. The maximum Gasteiger partial charge on any atom is 0.220 e. The van der Waals surface area contributed by atoms with E-state index in [0.717, 1.165) is 38.5 Å². The van der Waals surface area contributed by atoms with Crippen LogP contribution in [0.5, 0.6) is 0 Å². The van der Waals surface area contributed by atoms with E-state index in [1.165, 1.54) is 218 Å². The molecule has 7 unspecified atom stereocenters. The summed E-state index contributed by atoms with van der Waals surface area (Å²) in [5.41, 5.74) is 0. The smallest absolute Gasteiger partial charge is 0.220 e. The van der Waals surface area contributed by atoms with Crippen molar-refractivity contribution in [3.8, 4) is 0 Å². The summed E-state index contributed by atoms with van der Waals surface area (Å²) >= 11 is 0. The fourth-order valence-electron chi connectivity index (χ4n) is 9.34. The topological polar surface area (TPSA) is 149 Å². The lowest BCUT2D eigenvalue weighted by Gasteiger charge is -2.40. The summed E-state index contributed by atoms with van der Waals surface area (Å²) < 4.78 is 11.3. The van der Waals surface area contributed by atoms with Crippen LogP contribution in [0, 0.1) is 0 Å². The third-order valence-electron chi connectivity index (χ3n) is 13.9. The molecule has 1 aliphatic heterocycles. The largest absolute Gasteiger partial charge is 0.394 e. The molecule has 0 aromatic rings. The van der Waals surface area contributed by atoms with E-state index >= 15 is 0 Å². The number of unbranched alkanes of at least 4 members (excludes halogenated alkanes) is 37. The van der Waals surface area contributed by atoms with E-state index in [4.69, 9.17) is 9.47 Å². The van der Waals surface area contributed by atoms with E-state index < -0.39 is 49.5 Å². The van der Waals surface area contributed by atoms with Crippen LogP contribution in [-0.4, -0.2) is 87.5 Å². The zero-order valence-corrected chi connectivity index (χ0v) is 42.8. The van der Waals surface area contributed by atoms with Crippen molar-refractivity contribution in [3.05, 3.63) is 12.2 Å². The van der Waals surface area contributed by atoms with Gasteiger partial charge in [-0.3, -0.25) is 4.79 Å². The van der Waals surface area contributed by atoms with E-state index in [0.29, 0.717) is 12.8 Å². The predicted molar refractivity (Wildman–Crippen MR) is 272 cm³/mol. The minimum absolute atomic E-state index is 0.133. The van der Waals surface area contributed by atoms with Gasteiger partial charge in [0.15, 0.2) is 6.29 Å². The number of carbonyl (C=O) groups is 1. The second-order valence-electron chi connectivity index (χ2n) is 20.1. The van der Waals surface area contributed by atoms with Crippen LogP contribution in [0.3, 0.4) is 0 Å². The second-order valence-corrected chi connectivity index (χ2v) is 20.1. The molecule has 0 radical (unpaired) electrons. The molecule has 0 saturated carbocycles. The summed E-state index contributed by atoms with van der Waals surface area (Å²) in [6, 6.07) is -0.714. The SMILES string of the molecule is CCCCCCCCCC/C=C\CCCCCCCCCCCCCCCCCCCC(=O)NC(COC1OC(CO)C(O)C(O)C1O)C(O)CCCCCCCCCCCCCCC. The second kappa shape index (κ2) is 46.6. The molecule has 0 aromatic heterocycles. The van der Waals surface area contributed by atoms with E-state index in [9.17, 15) is 30.3 Å². The monoisotopic (exact) mass is 924 g/mol. The molecule has 65 heavy (non-hydrogen) atoms. The van der Waals surface area contributed by atoms with Gasteiger partial charge in [0, 0.05) is 6.42 Å². The number of hydrogen-bond donors (Lipinski definition) is 6. The van der Waals surface area contributed by atoms with Crippen molar-refractivity contribution in [3.63, 3.8) is 0 Å². The summed E-state index contributed by atoms with van der Waals surface area (Å²) in [4.78, 5) is 13.0. The molecule has 6 N–H and O–H groups in total. The molecule has 1 fully saturated rings. The van der Waals surface area contributed by atoms with Crippen LogP contribution in [0.25, 0.3) is 0 Å². The van der Waals surface area contributed by atoms with E-state index in [1.54, 1.807) is 0 Å². The quantitative estimate of drug-likeness (QED) is 0.0261. The lowest BCUT2D eigenvalue weighted by molar-refractivity contribution is -0.302. The number of ether oxygens (including phenoxy) is 2. The van der Waals surface area contributed by atoms with Crippen molar-refractivity contribution in [2.24, 2.45) is 0 Å². The summed E-state index contributed by atoms with van der Waals surface area (Å²) in [5, 5.41) is 54.5. The molecule has 1 aliphatic rings. The number of amides is 1. The molecule has 0 bridgehead atoms. The molecule has 9 nitrogen and oxygen atoms in total. The molecule has 0 aliphatic carbocycles. The molecule has 1 saturated heterocycles. The van der Waals surface area contributed by atoms with Crippen molar-refractivity contribution in [2.75, 3.05) is 13.2 Å². The highest BCUT2D eigenvalue weighted by molar-refractivity contribution is 5.76. The van der Waals surface area contributed by atoms with Gasteiger partial charge in [0.05, 0.1) is 25.4 Å². The highest BCUT2D eigenvalue weighted by atomic mass is 16.7. The van der Waals surface area contributed by atoms with Gasteiger partial charge in [-0.25, -0.2) is 0 Å². The number of rotatable bonds is 49. The summed E-state index contributed by atoms with van der Waals surface area (Å²) in [7, 11) is 0. The molecule has 1 heterocycles. The fraction of sp³-hybridized carbons (Fsp3) is 0.946. The minimum atomic E-state index is -1.55. The molecule has 0 aromatic carbocycles. The van der Waals surface area contributed by atoms with Crippen LogP contribution in [-0.2, 0) is 14.3 Å². The van der Waals surface area contributed by atoms with Crippen LogP contribution in [0.2, 0.25) is 0 Å². The number of nitrogens with one attached hydrogen (secondary N) is 1. The van der Waals surface area contributed by atoms with E-state index in [2.05, 4.69) is 31.3 Å². The maximum atomic E-state index is 13.0. The first-order chi connectivity index (χ1) is 31.8. The number of carbonyl (C=O) groups excluding carboxylic acids is 1. The Morgan fingerprint density at radius 3 is 1.25 bits per heavy atom. The number of allylic oxidation sites excluding steroid dienone is 2. The lowest BCUT2D eigenvalue weighted by Crippen LogP contribution is -2.60. The summed E-state index contributed by atoms with van der Waals surface area (Å²) in [5.74, 6) is -0.139. The first-order valence-corrected chi connectivity index (χ1v) is 28.4. The van der Waals surface area contributed by atoms with E-state index in [-0.39, 0.29) is 12.5 Å². The van der Waals surface area contributed by atoms with Gasteiger partial charge in [0.25, 0.3) is 0 Å². The fourth-order valence-corrected chi connectivity index (χ4v) is 9.34. The first kappa shape index (κ1) is 61.9. The molecule has 9 heteroatoms. The minimum Gasteiger partial charge on any atom is -0.394 e. The van der Waals surface area contributed by atoms with Gasteiger partial charge in [0.2, 0.25) is 5.91 Å². The highest BCUT2D eigenvalue weighted by Gasteiger charge is 2.44. The number of aliphatic hydroxyl groups is 5. The van der Waals surface area contributed by atoms with Gasteiger partial charge in [-0.1, -0.05) is 251 Å². The average Bonchev–Trinajstić information content (AvgIpc) is 3.31. The Balaban J connectivity index is 2.13. The zero-order valence-electron chi connectivity index (χ0n) is 42.8. The average molecular weight is 924 g/mol. The Labute approximate surface area is 401 Å². The zero-order chi connectivity index (χ0) is 47.3. The Morgan fingerprint density at radius 1 is 0.508 bits per heavy atom. The van der Waals surface area contributed by atoms with Crippen molar-refractivity contribution in [1.29, 1.82) is 0 Å². The third-order valence-corrected chi connectivity index (χ3v) is 13.9. The number of aliphatic hydroxyl groups excluding tert-OH is 5. The molecule has 386 valence electrons. The Bertz CT molecular complexity index is 1030. The van der Waals surface area contributed by atoms with Crippen molar-refractivity contribution < 1.29 is 39.8 Å². The lowest BCUT2D eigenvalue weighted by atomic mass is 9.99. The summed E-state index contributed by atoms with van der Waals surface area (Å²) in [6.45, 7) is 3.86. The van der Waals surface area contributed by atoms with Gasteiger partial charge >= 0.3 is 0 Å².